The number of aromatic hydroxyl groups is 1. The Kier molecular flexibility index (Phi) is 5.72. The molecule has 35 heavy (non-hydrogen) atoms. The van der Waals surface area contributed by atoms with Crippen LogP contribution < -0.4 is 9.47 Å². The molecule has 2 atom stereocenters. The summed E-state index contributed by atoms with van der Waals surface area (Å²) >= 11 is 0. The average molecular weight is 475 g/mol. The summed E-state index contributed by atoms with van der Waals surface area (Å²) in [6, 6.07) is 12.3. The third-order valence-electron chi connectivity index (χ3n) is 6.22. The molecule has 8 nitrogen and oxygen atoms in total. The zero-order valence-electron chi connectivity index (χ0n) is 19.4. The Morgan fingerprint density at radius 1 is 1.17 bits per heavy atom. The maximum absolute atomic E-state index is 13.3. The van der Waals surface area contributed by atoms with Gasteiger partial charge in [0.05, 0.1) is 31.0 Å². The molecule has 0 spiro atoms. The number of ether oxygens (including phenoxy) is 2. The van der Waals surface area contributed by atoms with Crippen LogP contribution in [0, 0.1) is 0 Å². The number of carbonyl (C=O) groups is 2. The SMILES string of the molecule is CCOc1cc(C2C(=C(O)c3ccc4c(c3)CC(C)O4)C(=O)C(=O)N2Cc2ccco2)ccc1O. The number of nitrogens with zero attached hydrogens (tertiary/aromatic N) is 1. The van der Waals surface area contributed by atoms with E-state index in [2.05, 4.69) is 0 Å². The number of ketones is 1. The molecule has 3 aromatic rings. The monoisotopic (exact) mass is 475 g/mol. The number of fused-ring (bicyclic) bond motifs is 1. The van der Waals surface area contributed by atoms with E-state index in [1.165, 1.54) is 17.2 Å². The molecule has 1 fully saturated rings. The van der Waals surface area contributed by atoms with E-state index in [0.29, 0.717) is 29.9 Å². The normalized spacial score (nSPS) is 20.7. The van der Waals surface area contributed by atoms with E-state index < -0.39 is 17.7 Å². The first-order chi connectivity index (χ1) is 16.9. The summed E-state index contributed by atoms with van der Waals surface area (Å²) in [7, 11) is 0. The maximum atomic E-state index is 13.3. The van der Waals surface area contributed by atoms with Crippen LogP contribution in [0.25, 0.3) is 5.76 Å². The molecular formula is C27H25NO7. The molecule has 1 amide bonds. The fourth-order valence-electron chi connectivity index (χ4n) is 4.66. The number of Topliss-reactive ketones (excluding diaryl/α,β-unsaturated/α-hetero) is 1. The molecule has 8 heteroatoms. The van der Waals surface area contributed by atoms with E-state index in [9.17, 15) is 19.8 Å². The van der Waals surface area contributed by atoms with Crippen LogP contribution in [0.3, 0.4) is 0 Å². The van der Waals surface area contributed by atoms with E-state index in [1.54, 1.807) is 49.4 Å². The number of carbonyl (C=O) groups excluding carboxylic acids is 2. The van der Waals surface area contributed by atoms with Crippen molar-refractivity contribution in [3.8, 4) is 17.2 Å². The third kappa shape index (κ3) is 4.01. The Morgan fingerprint density at radius 3 is 2.74 bits per heavy atom. The lowest BCUT2D eigenvalue weighted by Gasteiger charge is -2.25. The van der Waals surface area contributed by atoms with Crippen LogP contribution in [-0.4, -0.2) is 39.5 Å². The van der Waals surface area contributed by atoms with Crippen LogP contribution in [0.1, 0.15) is 42.3 Å². The third-order valence-corrected chi connectivity index (χ3v) is 6.22. The zero-order valence-corrected chi connectivity index (χ0v) is 19.4. The average Bonchev–Trinajstić information content (AvgIpc) is 3.54. The van der Waals surface area contributed by atoms with E-state index in [-0.39, 0.29) is 35.5 Å². The Labute approximate surface area is 202 Å². The molecule has 2 aromatic carbocycles. The second-order valence-electron chi connectivity index (χ2n) is 8.62. The van der Waals surface area contributed by atoms with Crippen molar-refractivity contribution < 1.29 is 33.7 Å². The van der Waals surface area contributed by atoms with Crippen LogP contribution in [0.4, 0.5) is 0 Å². The molecule has 2 aliphatic rings. The van der Waals surface area contributed by atoms with Gasteiger partial charge in [-0.3, -0.25) is 9.59 Å². The lowest BCUT2D eigenvalue weighted by atomic mass is 9.94. The van der Waals surface area contributed by atoms with Crippen molar-refractivity contribution in [2.45, 2.75) is 39.0 Å². The topological polar surface area (TPSA) is 109 Å². The number of phenolic OH excluding ortho intramolecular Hbond substituents is 1. The number of benzene rings is 2. The molecule has 1 saturated heterocycles. The summed E-state index contributed by atoms with van der Waals surface area (Å²) in [4.78, 5) is 27.8. The predicted octanol–water partition coefficient (Wildman–Crippen LogP) is 4.33. The van der Waals surface area contributed by atoms with E-state index >= 15 is 0 Å². The Balaban J connectivity index is 1.65. The Bertz CT molecular complexity index is 1330. The first kappa shape index (κ1) is 22.6. The smallest absolute Gasteiger partial charge is 0.296 e. The number of hydrogen-bond acceptors (Lipinski definition) is 7. The summed E-state index contributed by atoms with van der Waals surface area (Å²) in [6.45, 7) is 4.09. The van der Waals surface area contributed by atoms with Gasteiger partial charge in [-0.1, -0.05) is 6.07 Å². The number of aliphatic hydroxyl groups excluding tert-OH is 1. The number of rotatable bonds is 6. The van der Waals surface area contributed by atoms with Gasteiger partial charge in [-0.15, -0.1) is 0 Å². The summed E-state index contributed by atoms with van der Waals surface area (Å²) in [5, 5.41) is 21.5. The standard InChI is InChI=1S/C27H25NO7/c1-3-33-22-13-16(6-8-20(22)29)24-23(26(31)27(32)28(24)14-19-5-4-10-34-19)25(30)17-7-9-21-18(12-17)11-15(2)35-21/h4-10,12-13,15,24,29-30H,3,11,14H2,1-2H3. The minimum absolute atomic E-state index is 0.0234. The van der Waals surface area contributed by atoms with Gasteiger partial charge in [0, 0.05) is 12.0 Å². The van der Waals surface area contributed by atoms with Crippen LogP contribution in [0.15, 0.2) is 64.8 Å². The molecule has 2 aliphatic heterocycles. The quantitative estimate of drug-likeness (QED) is 0.310. The fourth-order valence-corrected chi connectivity index (χ4v) is 4.66. The highest BCUT2D eigenvalue weighted by molar-refractivity contribution is 6.46. The molecule has 2 N–H and O–H groups in total. The lowest BCUT2D eigenvalue weighted by Crippen LogP contribution is -2.29. The number of furan rings is 1. The van der Waals surface area contributed by atoms with Gasteiger partial charge in [0.25, 0.3) is 11.7 Å². The van der Waals surface area contributed by atoms with Crippen LogP contribution in [-0.2, 0) is 22.6 Å². The molecule has 180 valence electrons. The number of hydrogen-bond donors (Lipinski definition) is 2. The highest BCUT2D eigenvalue weighted by atomic mass is 16.5. The molecule has 0 saturated carbocycles. The van der Waals surface area contributed by atoms with Gasteiger partial charge in [-0.2, -0.15) is 0 Å². The number of aliphatic hydroxyl groups is 1. The summed E-state index contributed by atoms with van der Waals surface area (Å²) < 4.78 is 16.7. The van der Waals surface area contributed by atoms with Crippen molar-refractivity contribution in [1.29, 1.82) is 0 Å². The Hall–Kier alpha value is -4.20. The van der Waals surface area contributed by atoms with Crippen molar-refractivity contribution >= 4 is 17.4 Å². The number of likely N-dealkylation sites (tertiary alicyclic amines) is 1. The van der Waals surface area contributed by atoms with Gasteiger partial charge in [-0.05, 0) is 67.4 Å². The van der Waals surface area contributed by atoms with Gasteiger partial charge in [0.2, 0.25) is 0 Å². The van der Waals surface area contributed by atoms with Crippen molar-refractivity contribution in [2.24, 2.45) is 0 Å². The Morgan fingerprint density at radius 2 is 2.00 bits per heavy atom. The molecule has 0 bridgehead atoms. The van der Waals surface area contributed by atoms with E-state index in [1.807, 2.05) is 6.92 Å². The first-order valence-electron chi connectivity index (χ1n) is 11.4. The summed E-state index contributed by atoms with van der Waals surface area (Å²) in [5.74, 6) is -0.437. The molecule has 3 heterocycles. The largest absolute Gasteiger partial charge is 0.507 e. The number of phenols is 1. The second kappa shape index (κ2) is 8.87. The lowest BCUT2D eigenvalue weighted by molar-refractivity contribution is -0.140. The van der Waals surface area contributed by atoms with Crippen LogP contribution in [0.2, 0.25) is 0 Å². The highest BCUT2D eigenvalue weighted by Crippen LogP contribution is 2.43. The molecular weight excluding hydrogens is 450 g/mol. The minimum atomic E-state index is -0.914. The van der Waals surface area contributed by atoms with Gasteiger partial charge in [-0.25, -0.2) is 0 Å². The molecule has 5 rings (SSSR count). The van der Waals surface area contributed by atoms with Gasteiger partial charge in [0.15, 0.2) is 11.5 Å². The van der Waals surface area contributed by atoms with Gasteiger partial charge < -0.3 is 29.0 Å². The molecule has 2 unspecified atom stereocenters. The zero-order chi connectivity index (χ0) is 24.7. The molecule has 0 aliphatic carbocycles. The number of amides is 1. The minimum Gasteiger partial charge on any atom is -0.507 e. The first-order valence-corrected chi connectivity index (χ1v) is 11.4. The van der Waals surface area contributed by atoms with Crippen molar-refractivity contribution in [1.82, 2.24) is 4.90 Å². The summed E-state index contributed by atoms with van der Waals surface area (Å²) in [5.41, 5.74) is 1.82. The maximum Gasteiger partial charge on any atom is 0.296 e. The second-order valence-corrected chi connectivity index (χ2v) is 8.62. The molecule has 0 radical (unpaired) electrons. The van der Waals surface area contributed by atoms with Crippen molar-refractivity contribution in [3.05, 3.63) is 82.8 Å². The molecule has 1 aromatic heterocycles. The fraction of sp³-hybridized carbons (Fsp3) is 0.259. The van der Waals surface area contributed by atoms with Crippen LogP contribution in [0.5, 0.6) is 17.2 Å². The summed E-state index contributed by atoms with van der Waals surface area (Å²) in [6.07, 6.45) is 2.19. The van der Waals surface area contributed by atoms with Gasteiger partial charge >= 0.3 is 0 Å². The van der Waals surface area contributed by atoms with Crippen LogP contribution >= 0.6 is 0 Å². The van der Waals surface area contributed by atoms with Gasteiger partial charge in [0.1, 0.15) is 23.4 Å². The van der Waals surface area contributed by atoms with E-state index in [0.717, 1.165) is 11.3 Å². The van der Waals surface area contributed by atoms with E-state index in [4.69, 9.17) is 13.9 Å². The predicted molar refractivity (Wildman–Crippen MR) is 126 cm³/mol. The highest BCUT2D eigenvalue weighted by Gasteiger charge is 2.46. The van der Waals surface area contributed by atoms with Crippen molar-refractivity contribution in [3.63, 3.8) is 0 Å². The van der Waals surface area contributed by atoms with Crippen molar-refractivity contribution in [2.75, 3.05) is 6.61 Å².